The van der Waals surface area contributed by atoms with Gasteiger partial charge in [-0.05, 0) is 23.8 Å². The molecule has 1 fully saturated rings. The summed E-state index contributed by atoms with van der Waals surface area (Å²) in [6.07, 6.45) is 1.84. The molecule has 8 nitrogen and oxygen atoms in total. The monoisotopic (exact) mass is 582 g/mol. The molecule has 3 aromatic heterocycles. The number of fused-ring (bicyclic) bond motifs is 1. The van der Waals surface area contributed by atoms with E-state index in [0.29, 0.717) is 55.2 Å². The molecule has 6 rings (SSSR count). The van der Waals surface area contributed by atoms with Gasteiger partial charge in [0.1, 0.15) is 16.5 Å². The Labute approximate surface area is 236 Å². The third-order valence-electron chi connectivity index (χ3n) is 6.72. The van der Waals surface area contributed by atoms with E-state index >= 15 is 0 Å². The van der Waals surface area contributed by atoms with Gasteiger partial charge in [0.2, 0.25) is 5.13 Å². The summed E-state index contributed by atoms with van der Waals surface area (Å²) in [5, 5.41) is 1.27. The fourth-order valence-corrected chi connectivity index (χ4v) is 5.88. The van der Waals surface area contributed by atoms with Gasteiger partial charge in [0.05, 0.1) is 10.6 Å². The fraction of sp³-hybridized carbons (Fsp3) is 0.185. The number of hydrogen-bond donors (Lipinski definition) is 1. The molecule has 0 saturated carbocycles. The maximum atomic E-state index is 14.8. The molecule has 0 atom stereocenters. The molecule has 0 unspecified atom stereocenters. The Kier molecular flexibility index (Phi) is 6.84. The van der Waals surface area contributed by atoms with Crippen LogP contribution < -0.4 is 10.5 Å². The van der Waals surface area contributed by atoms with Gasteiger partial charge >= 0.3 is 0 Å². The van der Waals surface area contributed by atoms with Crippen LogP contribution in [-0.2, 0) is 6.42 Å². The molecule has 1 saturated heterocycles. The highest BCUT2D eigenvalue weighted by Crippen LogP contribution is 2.28. The number of nitrogens with one attached hydrogen (secondary N) is 1. The van der Waals surface area contributed by atoms with Crippen LogP contribution in [-0.4, -0.2) is 55.7 Å². The minimum atomic E-state index is -0.587. The first-order chi connectivity index (χ1) is 18.9. The third-order valence-corrected chi connectivity index (χ3v) is 8.25. The molecule has 2 aromatic carbocycles. The van der Waals surface area contributed by atoms with Crippen molar-refractivity contribution in [3.05, 3.63) is 104 Å². The lowest BCUT2D eigenvalue weighted by molar-refractivity contribution is 0.0742. The molecule has 1 amide bonds. The van der Waals surface area contributed by atoms with Crippen molar-refractivity contribution < 1.29 is 9.18 Å². The Morgan fingerprint density at radius 1 is 1.05 bits per heavy atom. The molecule has 39 heavy (non-hydrogen) atoms. The van der Waals surface area contributed by atoms with Gasteiger partial charge in [0, 0.05) is 61.6 Å². The Balaban J connectivity index is 1.17. The standard InChI is InChI=1S/C27H21Cl2FN6O2S/c28-20-14-22-25(37)31-15-18(36(22)23(20)29)12-16-6-7-21(30)19(13-16)26(38)34-8-10-35(11-9-34)27-32-24(33-39-27)17-4-2-1-3-5-17/h1-7,13-15H,8-12H2,(H,31,37). The van der Waals surface area contributed by atoms with Gasteiger partial charge in [-0.15, -0.1) is 0 Å². The number of benzene rings is 2. The number of aromatic amines is 1. The average Bonchev–Trinajstić information content (AvgIpc) is 3.57. The lowest BCUT2D eigenvalue weighted by atomic mass is 10.0. The number of carbonyl (C=O) groups is 1. The molecule has 0 spiro atoms. The van der Waals surface area contributed by atoms with Crippen LogP contribution >= 0.6 is 34.7 Å². The number of anilines is 1. The number of halogens is 3. The van der Waals surface area contributed by atoms with Crippen molar-refractivity contribution >= 4 is 51.3 Å². The molecular formula is C27H21Cl2FN6O2S. The highest BCUT2D eigenvalue weighted by molar-refractivity contribution is 7.09. The van der Waals surface area contributed by atoms with Gasteiger partial charge in [-0.2, -0.15) is 9.36 Å². The minimum absolute atomic E-state index is 0.000494. The molecule has 0 aliphatic carbocycles. The molecule has 12 heteroatoms. The first-order valence-electron chi connectivity index (χ1n) is 12.2. The summed E-state index contributed by atoms with van der Waals surface area (Å²) in [5.74, 6) is -0.280. The Morgan fingerprint density at radius 3 is 2.59 bits per heavy atom. The fourth-order valence-electron chi connectivity index (χ4n) is 4.70. The van der Waals surface area contributed by atoms with Crippen LogP contribution in [0.15, 0.2) is 65.6 Å². The molecular weight excluding hydrogens is 562 g/mol. The van der Waals surface area contributed by atoms with Gasteiger partial charge < -0.3 is 14.8 Å². The van der Waals surface area contributed by atoms with Crippen molar-refractivity contribution in [2.75, 3.05) is 31.1 Å². The van der Waals surface area contributed by atoms with E-state index in [9.17, 15) is 14.0 Å². The molecule has 0 radical (unpaired) electrons. The molecule has 1 aliphatic heterocycles. The number of H-pyrrole nitrogens is 1. The van der Waals surface area contributed by atoms with Gasteiger partial charge in [0.25, 0.3) is 11.5 Å². The number of nitrogens with zero attached hydrogens (tertiary/aromatic N) is 5. The highest BCUT2D eigenvalue weighted by atomic mass is 35.5. The summed E-state index contributed by atoms with van der Waals surface area (Å²) in [7, 11) is 0. The normalized spacial score (nSPS) is 13.8. The summed E-state index contributed by atoms with van der Waals surface area (Å²) in [6.45, 7) is 2.00. The lowest BCUT2D eigenvalue weighted by Crippen LogP contribution is -2.49. The van der Waals surface area contributed by atoms with Crippen LogP contribution in [0.3, 0.4) is 0 Å². The topological polar surface area (TPSA) is 86.6 Å². The first-order valence-corrected chi connectivity index (χ1v) is 13.7. The van der Waals surface area contributed by atoms with Crippen molar-refractivity contribution in [3.63, 3.8) is 0 Å². The number of carbonyl (C=O) groups excluding carboxylic acids is 1. The van der Waals surface area contributed by atoms with Gasteiger partial charge in [-0.1, -0.05) is 59.6 Å². The second-order valence-corrected chi connectivity index (χ2v) is 10.6. The van der Waals surface area contributed by atoms with Crippen LogP contribution in [0.2, 0.25) is 10.2 Å². The Morgan fingerprint density at radius 2 is 1.82 bits per heavy atom. The van der Waals surface area contributed by atoms with Crippen LogP contribution in [0.4, 0.5) is 9.52 Å². The molecule has 0 bridgehead atoms. The summed E-state index contributed by atoms with van der Waals surface area (Å²) in [5.41, 5.74) is 2.27. The van der Waals surface area contributed by atoms with E-state index in [0.717, 1.165) is 10.7 Å². The van der Waals surface area contributed by atoms with E-state index in [4.69, 9.17) is 23.2 Å². The van der Waals surface area contributed by atoms with Crippen molar-refractivity contribution in [2.45, 2.75) is 6.42 Å². The van der Waals surface area contributed by atoms with Crippen LogP contribution in [0, 0.1) is 5.82 Å². The predicted molar refractivity (Wildman–Crippen MR) is 151 cm³/mol. The zero-order valence-corrected chi connectivity index (χ0v) is 22.7. The quantitative estimate of drug-likeness (QED) is 0.310. The van der Waals surface area contributed by atoms with Crippen LogP contribution in [0.25, 0.3) is 16.9 Å². The van der Waals surface area contributed by atoms with Gasteiger partial charge in [-0.25, -0.2) is 4.39 Å². The largest absolute Gasteiger partial charge is 0.343 e. The van der Waals surface area contributed by atoms with E-state index in [-0.39, 0.29) is 27.2 Å². The van der Waals surface area contributed by atoms with E-state index in [1.807, 2.05) is 30.3 Å². The summed E-state index contributed by atoms with van der Waals surface area (Å²) >= 11 is 13.8. The number of amides is 1. The summed E-state index contributed by atoms with van der Waals surface area (Å²) < 4.78 is 20.9. The van der Waals surface area contributed by atoms with Crippen molar-refractivity contribution in [2.24, 2.45) is 0 Å². The minimum Gasteiger partial charge on any atom is -0.343 e. The second kappa shape index (κ2) is 10.4. The molecule has 198 valence electrons. The number of rotatable bonds is 5. The Hall–Kier alpha value is -3.73. The van der Waals surface area contributed by atoms with Crippen LogP contribution in [0.1, 0.15) is 21.6 Å². The maximum Gasteiger partial charge on any atom is 0.272 e. The summed E-state index contributed by atoms with van der Waals surface area (Å²) in [4.78, 5) is 36.6. The van der Waals surface area contributed by atoms with Crippen molar-refractivity contribution in [3.8, 4) is 11.4 Å². The predicted octanol–water partition coefficient (Wildman–Crippen LogP) is 5.15. The average molecular weight is 583 g/mol. The lowest BCUT2D eigenvalue weighted by Gasteiger charge is -2.34. The van der Waals surface area contributed by atoms with Gasteiger partial charge in [-0.3, -0.25) is 14.0 Å². The number of piperazine rings is 1. The zero-order valence-electron chi connectivity index (χ0n) is 20.4. The molecule has 1 N–H and O–H groups in total. The smallest absolute Gasteiger partial charge is 0.272 e. The van der Waals surface area contributed by atoms with Crippen LogP contribution in [0.5, 0.6) is 0 Å². The molecule has 4 heterocycles. The van der Waals surface area contributed by atoms with E-state index in [2.05, 4.69) is 19.2 Å². The molecule has 1 aliphatic rings. The highest BCUT2D eigenvalue weighted by Gasteiger charge is 2.26. The Bertz CT molecular complexity index is 1740. The number of hydrogen-bond acceptors (Lipinski definition) is 6. The second-order valence-electron chi connectivity index (χ2n) is 9.15. The first kappa shape index (κ1) is 25.5. The van der Waals surface area contributed by atoms with Gasteiger partial charge in [0.15, 0.2) is 5.82 Å². The molecule has 5 aromatic rings. The van der Waals surface area contributed by atoms with Crippen molar-refractivity contribution in [1.82, 2.24) is 23.6 Å². The third kappa shape index (κ3) is 4.91. The van der Waals surface area contributed by atoms with E-state index in [1.165, 1.54) is 29.9 Å². The summed E-state index contributed by atoms with van der Waals surface area (Å²) in [6, 6.07) is 15.7. The van der Waals surface area contributed by atoms with E-state index in [1.54, 1.807) is 21.4 Å². The van der Waals surface area contributed by atoms with E-state index < -0.39 is 5.82 Å². The van der Waals surface area contributed by atoms with Crippen molar-refractivity contribution in [1.29, 1.82) is 0 Å². The number of aromatic nitrogens is 4. The SMILES string of the molecule is O=C(c1cc(Cc2c[nH]c(=O)c3cc(Cl)c(Cl)n23)ccc1F)N1CCN(c2nc(-c3ccccc3)ns2)CC1. The maximum absolute atomic E-state index is 14.8. The zero-order chi connectivity index (χ0) is 27.1.